The molecule has 0 atom stereocenters. The van der Waals surface area contributed by atoms with Gasteiger partial charge in [-0.3, -0.25) is 10.1 Å². The molecule has 146 valence electrons. The number of carbonyl (C=O) groups excluding carboxylic acids is 1. The monoisotopic (exact) mass is 391 g/mol. The summed E-state index contributed by atoms with van der Waals surface area (Å²) in [5.74, 6) is -0.578. The van der Waals surface area contributed by atoms with Gasteiger partial charge in [-0.05, 0) is 66.3 Å². The third-order valence-corrected chi connectivity index (χ3v) is 4.93. The SMILES string of the molecule is O=C(/C=C/c1ccc([N+](=O)[O-])cc1)OCc1cc(=O)oc2cc3c(cc12)CCC3. The predicted octanol–water partition coefficient (Wildman–Crippen LogP) is 3.95. The van der Waals surface area contributed by atoms with Crippen molar-refractivity contribution >= 4 is 28.7 Å². The first-order chi connectivity index (χ1) is 14.0. The molecule has 7 heteroatoms. The van der Waals surface area contributed by atoms with E-state index >= 15 is 0 Å². The van der Waals surface area contributed by atoms with Gasteiger partial charge in [0.1, 0.15) is 12.2 Å². The van der Waals surface area contributed by atoms with Crippen molar-refractivity contribution in [1.82, 2.24) is 0 Å². The van der Waals surface area contributed by atoms with Gasteiger partial charge < -0.3 is 9.15 Å². The van der Waals surface area contributed by atoms with Gasteiger partial charge in [-0.1, -0.05) is 0 Å². The molecule has 2 aromatic carbocycles. The Hall–Kier alpha value is -3.74. The van der Waals surface area contributed by atoms with Crippen LogP contribution in [0.2, 0.25) is 0 Å². The van der Waals surface area contributed by atoms with Crippen LogP contribution in [0.3, 0.4) is 0 Å². The van der Waals surface area contributed by atoms with E-state index in [9.17, 15) is 19.7 Å². The quantitative estimate of drug-likeness (QED) is 0.215. The maximum atomic E-state index is 12.1. The number of fused-ring (bicyclic) bond motifs is 2. The Kier molecular flexibility index (Phi) is 4.95. The highest BCUT2D eigenvalue weighted by Gasteiger charge is 2.15. The van der Waals surface area contributed by atoms with Crippen molar-refractivity contribution in [1.29, 1.82) is 0 Å². The summed E-state index contributed by atoms with van der Waals surface area (Å²) >= 11 is 0. The Morgan fingerprint density at radius 1 is 1.14 bits per heavy atom. The lowest BCUT2D eigenvalue weighted by Crippen LogP contribution is -2.06. The number of esters is 1. The Morgan fingerprint density at radius 2 is 1.86 bits per heavy atom. The minimum absolute atomic E-state index is 0.0222. The molecule has 1 aliphatic rings. The minimum Gasteiger partial charge on any atom is -0.458 e. The molecule has 0 amide bonds. The molecule has 0 spiro atoms. The molecule has 0 saturated heterocycles. The van der Waals surface area contributed by atoms with Gasteiger partial charge in [0.2, 0.25) is 0 Å². The zero-order valence-electron chi connectivity index (χ0n) is 15.4. The fourth-order valence-electron chi connectivity index (χ4n) is 3.48. The fourth-order valence-corrected chi connectivity index (χ4v) is 3.48. The summed E-state index contributed by atoms with van der Waals surface area (Å²) < 4.78 is 10.6. The highest BCUT2D eigenvalue weighted by Crippen LogP contribution is 2.28. The van der Waals surface area contributed by atoms with Gasteiger partial charge in [0.05, 0.1) is 4.92 Å². The maximum Gasteiger partial charge on any atom is 0.336 e. The molecule has 3 aromatic rings. The van der Waals surface area contributed by atoms with Crippen LogP contribution in [-0.4, -0.2) is 10.9 Å². The molecule has 7 nitrogen and oxygen atoms in total. The van der Waals surface area contributed by atoms with Crippen LogP contribution < -0.4 is 5.63 Å². The van der Waals surface area contributed by atoms with E-state index in [2.05, 4.69) is 0 Å². The van der Waals surface area contributed by atoms with Crippen LogP contribution in [0.15, 0.2) is 57.8 Å². The molecule has 0 N–H and O–H groups in total. The highest BCUT2D eigenvalue weighted by atomic mass is 16.6. The minimum atomic E-state index is -0.578. The summed E-state index contributed by atoms with van der Waals surface area (Å²) in [4.78, 5) is 34.1. The number of carbonyl (C=O) groups is 1. The lowest BCUT2D eigenvalue weighted by molar-refractivity contribution is -0.384. The van der Waals surface area contributed by atoms with Gasteiger partial charge in [-0.15, -0.1) is 0 Å². The first-order valence-electron chi connectivity index (χ1n) is 9.17. The van der Waals surface area contributed by atoms with E-state index in [-0.39, 0.29) is 12.3 Å². The number of rotatable bonds is 5. The van der Waals surface area contributed by atoms with Gasteiger partial charge in [0, 0.05) is 35.2 Å². The van der Waals surface area contributed by atoms with Crippen molar-refractivity contribution in [2.45, 2.75) is 25.9 Å². The summed E-state index contributed by atoms with van der Waals surface area (Å²) in [7, 11) is 0. The summed E-state index contributed by atoms with van der Waals surface area (Å²) in [6, 6.07) is 11.1. The molecule has 0 unspecified atom stereocenters. The molecule has 4 rings (SSSR count). The summed E-state index contributed by atoms with van der Waals surface area (Å²) in [5, 5.41) is 11.4. The van der Waals surface area contributed by atoms with Crippen LogP contribution in [0.5, 0.6) is 0 Å². The normalized spacial score (nSPS) is 13.0. The number of ether oxygens (including phenoxy) is 1. The molecule has 0 saturated carbocycles. The molecule has 0 radical (unpaired) electrons. The van der Waals surface area contributed by atoms with Gasteiger partial charge in [-0.25, -0.2) is 9.59 Å². The van der Waals surface area contributed by atoms with E-state index in [0.717, 1.165) is 24.6 Å². The van der Waals surface area contributed by atoms with E-state index in [0.29, 0.717) is 16.7 Å². The second kappa shape index (κ2) is 7.71. The molecule has 29 heavy (non-hydrogen) atoms. The number of nitro benzene ring substituents is 1. The standard InChI is InChI=1S/C22H17NO6/c24-21(9-6-14-4-7-18(8-5-14)23(26)27)28-13-17-12-22(25)29-20-11-16-3-1-2-15(16)10-19(17)20/h4-12H,1-3,13H2/b9-6+. The largest absolute Gasteiger partial charge is 0.458 e. The lowest BCUT2D eigenvalue weighted by atomic mass is 10.0. The van der Waals surface area contributed by atoms with Crippen LogP contribution in [0.4, 0.5) is 5.69 Å². The molecular formula is C22H17NO6. The topological polar surface area (TPSA) is 99.6 Å². The number of aryl methyl sites for hydroxylation is 2. The number of hydrogen-bond acceptors (Lipinski definition) is 6. The second-order valence-electron chi connectivity index (χ2n) is 6.85. The van der Waals surface area contributed by atoms with Gasteiger partial charge in [-0.2, -0.15) is 0 Å². The Bertz CT molecular complexity index is 1190. The third-order valence-electron chi connectivity index (χ3n) is 4.93. The van der Waals surface area contributed by atoms with Crippen LogP contribution in [0.1, 0.15) is 28.7 Å². The molecule has 0 aliphatic heterocycles. The summed E-state index contributed by atoms with van der Waals surface area (Å²) in [6.07, 6.45) is 5.79. The second-order valence-corrected chi connectivity index (χ2v) is 6.85. The van der Waals surface area contributed by atoms with Crippen molar-refractivity contribution in [3.63, 3.8) is 0 Å². The van der Waals surface area contributed by atoms with E-state index in [1.165, 1.54) is 41.5 Å². The average molecular weight is 391 g/mol. The van der Waals surface area contributed by atoms with Crippen LogP contribution in [0.25, 0.3) is 17.0 Å². The predicted molar refractivity (Wildman–Crippen MR) is 106 cm³/mol. The Labute approximate surface area is 165 Å². The maximum absolute atomic E-state index is 12.1. The van der Waals surface area contributed by atoms with E-state index < -0.39 is 16.5 Å². The van der Waals surface area contributed by atoms with Crippen molar-refractivity contribution in [2.24, 2.45) is 0 Å². The van der Waals surface area contributed by atoms with E-state index in [4.69, 9.17) is 9.15 Å². The van der Waals surface area contributed by atoms with Gasteiger partial charge in [0.25, 0.3) is 5.69 Å². The zero-order valence-corrected chi connectivity index (χ0v) is 15.4. The fraction of sp³-hybridized carbons (Fsp3) is 0.182. The molecule has 0 fully saturated rings. The third kappa shape index (κ3) is 4.08. The Morgan fingerprint density at radius 3 is 2.59 bits per heavy atom. The number of hydrogen-bond donors (Lipinski definition) is 0. The van der Waals surface area contributed by atoms with Crippen molar-refractivity contribution < 1.29 is 18.9 Å². The zero-order chi connectivity index (χ0) is 20.4. The summed E-state index contributed by atoms with van der Waals surface area (Å²) in [5.41, 5.74) is 3.66. The van der Waals surface area contributed by atoms with Crippen molar-refractivity contribution in [2.75, 3.05) is 0 Å². The lowest BCUT2D eigenvalue weighted by Gasteiger charge is -2.08. The molecule has 0 bridgehead atoms. The van der Waals surface area contributed by atoms with E-state index in [1.54, 1.807) is 12.1 Å². The van der Waals surface area contributed by atoms with E-state index in [1.807, 2.05) is 12.1 Å². The first-order valence-corrected chi connectivity index (χ1v) is 9.17. The van der Waals surface area contributed by atoms with Crippen molar-refractivity contribution in [3.05, 3.63) is 91.3 Å². The van der Waals surface area contributed by atoms with Gasteiger partial charge in [0.15, 0.2) is 0 Å². The molecular weight excluding hydrogens is 374 g/mol. The Balaban J connectivity index is 1.48. The molecule has 1 aromatic heterocycles. The highest BCUT2D eigenvalue weighted by molar-refractivity contribution is 5.87. The first kappa shape index (κ1) is 18.6. The smallest absolute Gasteiger partial charge is 0.336 e. The summed E-state index contributed by atoms with van der Waals surface area (Å²) in [6.45, 7) is -0.0513. The number of non-ortho nitro benzene ring substituents is 1. The number of nitro groups is 1. The van der Waals surface area contributed by atoms with Crippen molar-refractivity contribution in [3.8, 4) is 0 Å². The average Bonchev–Trinajstić information content (AvgIpc) is 3.16. The molecule has 1 heterocycles. The van der Waals surface area contributed by atoms with Crippen LogP contribution in [-0.2, 0) is 29.0 Å². The molecule has 1 aliphatic carbocycles. The van der Waals surface area contributed by atoms with Crippen LogP contribution >= 0.6 is 0 Å². The number of nitrogens with zero attached hydrogens (tertiary/aromatic N) is 1. The van der Waals surface area contributed by atoms with Gasteiger partial charge >= 0.3 is 11.6 Å². The number of benzene rings is 2. The van der Waals surface area contributed by atoms with Crippen LogP contribution in [0, 0.1) is 10.1 Å².